The quantitative estimate of drug-likeness (QED) is 0.253. The third-order valence-electron chi connectivity index (χ3n) is 1.53. The smallest absolute Gasteiger partial charge is 1.00 e. The van der Waals surface area contributed by atoms with Crippen LogP contribution in [0.25, 0.3) is 0 Å². The van der Waals surface area contributed by atoms with E-state index in [1.54, 1.807) is 6.92 Å². The second-order valence-electron chi connectivity index (χ2n) is 3.25. The summed E-state index contributed by atoms with van der Waals surface area (Å²) in [5.74, 6) is -0.634. The molecule has 0 N–H and O–H groups in total. The average molecular weight is 290 g/mol. The van der Waals surface area contributed by atoms with Crippen molar-refractivity contribution in [2.45, 2.75) is 33.6 Å². The number of carbonyl (C=O) groups is 1. The molecule has 0 rings (SSSR count). The van der Waals surface area contributed by atoms with Crippen molar-refractivity contribution in [1.82, 2.24) is 0 Å². The summed E-state index contributed by atoms with van der Waals surface area (Å²) in [5.41, 5.74) is 0.0181. The molecule has 0 unspecified atom stereocenters. The molecule has 0 heterocycles. The van der Waals surface area contributed by atoms with Gasteiger partial charge in [0.15, 0.2) is 0 Å². The van der Waals surface area contributed by atoms with Crippen LogP contribution >= 0.6 is 0 Å². The fourth-order valence-corrected chi connectivity index (χ4v) is 1.80. The number of hydrogen-bond donors (Lipinski definition) is 0. The molecule has 0 amide bonds. The van der Waals surface area contributed by atoms with E-state index in [2.05, 4.69) is 4.18 Å². The van der Waals surface area contributed by atoms with Crippen LogP contribution in [-0.2, 0) is 23.8 Å². The molecule has 0 saturated carbocycles. The van der Waals surface area contributed by atoms with Gasteiger partial charge in [0.05, 0.1) is 18.6 Å². The summed E-state index contributed by atoms with van der Waals surface area (Å²) >= 11 is 0. The van der Waals surface area contributed by atoms with E-state index in [4.69, 9.17) is 4.74 Å². The molecule has 0 aliphatic rings. The molecule has 0 aromatic rings. The molecule has 17 heavy (non-hydrogen) atoms. The molecule has 0 spiro atoms. The number of esters is 1. The van der Waals surface area contributed by atoms with Crippen LogP contribution in [0.15, 0.2) is 11.0 Å². The van der Waals surface area contributed by atoms with Gasteiger partial charge in [0.1, 0.15) is 0 Å². The number of hydrogen-bond acceptors (Lipinski definition) is 5. The van der Waals surface area contributed by atoms with E-state index in [0.29, 0.717) is 12.8 Å². The van der Waals surface area contributed by atoms with Gasteiger partial charge in [-0.1, -0.05) is 13.8 Å². The van der Waals surface area contributed by atoms with Crippen LogP contribution in [-0.4, -0.2) is 27.6 Å². The molecule has 7 heteroatoms. The molecule has 0 radical (unpaired) electrons. The van der Waals surface area contributed by atoms with E-state index in [9.17, 15) is 13.2 Å². The van der Waals surface area contributed by atoms with Crippen LogP contribution in [0.4, 0.5) is 0 Å². The fourth-order valence-electron chi connectivity index (χ4n) is 0.807. The van der Waals surface area contributed by atoms with Gasteiger partial charge in [0, 0.05) is 5.57 Å². The third kappa shape index (κ3) is 10.4. The second kappa shape index (κ2) is 10.7. The largest absolute Gasteiger partial charge is 1.00 e. The van der Waals surface area contributed by atoms with Gasteiger partial charge in [-0.15, -0.1) is 0 Å². The molecule has 0 aliphatic heterocycles. The van der Waals surface area contributed by atoms with Crippen LogP contribution in [0, 0.1) is 0 Å². The number of ether oxygens (including phenoxy) is 1. The minimum absolute atomic E-state index is 0. The third-order valence-corrected chi connectivity index (χ3v) is 2.67. The Morgan fingerprint density at radius 1 is 1.24 bits per heavy atom. The van der Waals surface area contributed by atoms with Gasteiger partial charge in [0.25, 0.3) is 10.1 Å². The van der Waals surface area contributed by atoms with Crippen LogP contribution in [0.3, 0.4) is 0 Å². The van der Waals surface area contributed by atoms with Gasteiger partial charge in [-0.2, -0.15) is 8.42 Å². The van der Waals surface area contributed by atoms with Gasteiger partial charge in [-0.25, -0.2) is 4.79 Å². The minimum Gasteiger partial charge on any atom is -1.00 e. The first kappa shape index (κ1) is 20.1. The summed E-state index contributed by atoms with van der Waals surface area (Å²) < 4.78 is 31.9. The van der Waals surface area contributed by atoms with Crippen molar-refractivity contribution in [3.63, 3.8) is 0 Å². The van der Waals surface area contributed by atoms with E-state index < -0.39 is 16.1 Å². The van der Waals surface area contributed by atoms with Gasteiger partial charge in [-0.05, 0) is 19.8 Å². The molecule has 0 fully saturated rings. The first-order valence-electron chi connectivity index (χ1n) is 5.17. The maximum absolute atomic E-state index is 11.3. The fraction of sp³-hybridized carbons (Fsp3) is 0.700. The van der Waals surface area contributed by atoms with Crippen molar-refractivity contribution >= 4 is 16.1 Å². The second-order valence-corrected chi connectivity index (χ2v) is 4.71. The maximum Gasteiger partial charge on any atom is 1.00 e. The summed E-state index contributed by atoms with van der Waals surface area (Å²) in [6.07, 6.45) is 1.28. The average Bonchev–Trinajstić information content (AvgIpc) is 2.22. The van der Waals surface area contributed by atoms with Crippen LogP contribution < -0.4 is 51.4 Å². The van der Waals surface area contributed by atoms with Gasteiger partial charge < -0.3 is 6.16 Å². The first-order valence-corrected chi connectivity index (χ1v) is 6.65. The summed E-state index contributed by atoms with van der Waals surface area (Å²) in [6.45, 7) is 5.41. The number of carbonyl (C=O) groups excluding carboxylic acids is 1. The van der Waals surface area contributed by atoms with Crippen molar-refractivity contribution in [1.29, 1.82) is 0 Å². The van der Waals surface area contributed by atoms with Crippen molar-refractivity contribution < 1.29 is 74.9 Å². The summed E-state index contributed by atoms with van der Waals surface area (Å²) in [6, 6.07) is 0. The molecule has 0 bridgehead atoms. The van der Waals surface area contributed by atoms with Crippen LogP contribution in [0.2, 0.25) is 0 Å². The van der Waals surface area contributed by atoms with Crippen molar-refractivity contribution in [3.05, 3.63) is 11.0 Å². The van der Waals surface area contributed by atoms with E-state index in [1.165, 1.54) is 6.92 Å². The Balaban J connectivity index is -0.00000112. The van der Waals surface area contributed by atoms with E-state index in [1.807, 2.05) is 6.92 Å². The molecule has 96 valence electrons. The molecule has 0 saturated heterocycles. The molecular weight excluding hydrogens is 271 g/mol. The Kier molecular flexibility index (Phi) is 12.6. The van der Waals surface area contributed by atoms with Gasteiger partial charge in [0.2, 0.25) is 0 Å². The minimum atomic E-state index is -3.78. The molecule has 0 atom stereocenters. The molecule has 5 nitrogen and oxygen atoms in total. The normalized spacial score (nSPS) is 11.8. The summed E-state index contributed by atoms with van der Waals surface area (Å²) in [7, 11) is -3.78. The Hall–Kier alpha value is 0.756. The maximum atomic E-state index is 11.3. The van der Waals surface area contributed by atoms with Gasteiger partial charge >= 0.3 is 57.4 Å². The zero-order valence-electron chi connectivity index (χ0n) is 11.9. The number of rotatable bonds is 7. The van der Waals surface area contributed by atoms with Crippen molar-refractivity contribution in [2.75, 3.05) is 13.2 Å². The molecule has 0 aromatic heterocycles. The standard InChI is InChI=1S/C10H18O5S.K.H/c1-4-6-14-10(11)9(3)8-16(12,13)15-7-5-2;;/h8H,4-7H2,1-3H3;;/q;+1;-1. The molecule has 0 aliphatic carbocycles. The Labute approximate surface area is 147 Å². The van der Waals surface area contributed by atoms with E-state index >= 15 is 0 Å². The van der Waals surface area contributed by atoms with Crippen molar-refractivity contribution in [3.8, 4) is 0 Å². The monoisotopic (exact) mass is 290 g/mol. The van der Waals surface area contributed by atoms with Crippen LogP contribution in [0.1, 0.15) is 35.0 Å². The molecular formula is C10H19KO5S. The first-order chi connectivity index (χ1) is 7.43. The predicted octanol–water partition coefficient (Wildman–Crippen LogP) is -1.28. The Bertz CT molecular complexity index is 353. The van der Waals surface area contributed by atoms with Gasteiger partial charge in [-0.3, -0.25) is 4.18 Å². The SMILES string of the molecule is CCCOC(=O)C(C)=CS(=O)(=O)OCCC.[H-].[K+]. The zero-order chi connectivity index (χ0) is 12.6. The summed E-state index contributed by atoms with van der Waals surface area (Å²) in [5, 5.41) is 0.792. The topological polar surface area (TPSA) is 69.7 Å². The van der Waals surface area contributed by atoms with E-state index in [0.717, 1.165) is 5.41 Å². The zero-order valence-corrected chi connectivity index (χ0v) is 14.8. The summed E-state index contributed by atoms with van der Waals surface area (Å²) in [4.78, 5) is 11.2. The van der Waals surface area contributed by atoms with Crippen molar-refractivity contribution in [2.24, 2.45) is 0 Å². The van der Waals surface area contributed by atoms with E-state index in [-0.39, 0.29) is 71.6 Å². The van der Waals surface area contributed by atoms with Crippen LogP contribution in [0.5, 0.6) is 0 Å². The Morgan fingerprint density at radius 3 is 2.24 bits per heavy atom. The molecule has 0 aromatic carbocycles. The predicted molar refractivity (Wildman–Crippen MR) is 61.3 cm³/mol. The Morgan fingerprint density at radius 2 is 1.76 bits per heavy atom.